The van der Waals surface area contributed by atoms with E-state index >= 15 is 0 Å². The highest BCUT2D eigenvalue weighted by Crippen LogP contribution is 2.22. The number of aromatic nitrogens is 4. The van der Waals surface area contributed by atoms with Crippen LogP contribution in [0.5, 0.6) is 0 Å². The van der Waals surface area contributed by atoms with Crippen molar-refractivity contribution < 1.29 is 4.79 Å². The second-order valence-corrected chi connectivity index (χ2v) is 5.36. The summed E-state index contributed by atoms with van der Waals surface area (Å²) in [6.07, 6.45) is 3.43. The number of carbonyl (C=O) groups excluding carboxylic acids is 1. The molecule has 9 heteroatoms. The second kappa shape index (κ2) is 6.59. The summed E-state index contributed by atoms with van der Waals surface area (Å²) in [4.78, 5) is 20.2. The van der Waals surface area contributed by atoms with Gasteiger partial charge in [0.2, 0.25) is 0 Å². The van der Waals surface area contributed by atoms with Crippen molar-refractivity contribution in [2.24, 2.45) is 5.73 Å². The molecule has 0 aliphatic carbocycles. The van der Waals surface area contributed by atoms with Crippen LogP contribution in [0.4, 0.5) is 10.7 Å². The molecule has 0 aliphatic heterocycles. The summed E-state index contributed by atoms with van der Waals surface area (Å²) < 4.78 is 1.50. The molecular weight excluding hydrogens is 326 g/mol. The fourth-order valence-electron chi connectivity index (χ4n) is 2.22. The summed E-state index contributed by atoms with van der Waals surface area (Å²) in [6, 6.07) is 7.03. The fourth-order valence-corrected chi connectivity index (χ4v) is 2.36. The van der Waals surface area contributed by atoms with Crippen LogP contribution in [0.25, 0.3) is 16.8 Å². The third kappa shape index (κ3) is 3.15. The first-order chi connectivity index (χ1) is 11.6. The zero-order valence-electron chi connectivity index (χ0n) is 12.9. The number of anilines is 1. The van der Waals surface area contributed by atoms with E-state index in [1.807, 2.05) is 31.2 Å². The summed E-state index contributed by atoms with van der Waals surface area (Å²) in [5.74, 6) is 0.168. The number of fused-ring (bicyclic) bond motifs is 1. The van der Waals surface area contributed by atoms with Crippen molar-refractivity contribution in [1.29, 1.82) is 0 Å². The van der Waals surface area contributed by atoms with Crippen molar-refractivity contribution in [3.05, 3.63) is 42.4 Å². The summed E-state index contributed by atoms with van der Waals surface area (Å²) in [5, 5.41) is 9.42. The van der Waals surface area contributed by atoms with Crippen LogP contribution >= 0.6 is 12.2 Å². The molecular formula is C15H15N7OS. The molecule has 0 aliphatic rings. The molecule has 0 bridgehead atoms. The molecule has 24 heavy (non-hydrogen) atoms. The lowest BCUT2D eigenvalue weighted by atomic mass is 10.1. The van der Waals surface area contributed by atoms with Crippen LogP contribution in [-0.4, -0.2) is 37.1 Å². The van der Waals surface area contributed by atoms with E-state index in [-0.39, 0.29) is 17.0 Å². The molecule has 3 aromatic rings. The van der Waals surface area contributed by atoms with Crippen LogP contribution in [0, 0.1) is 0 Å². The number of rotatable bonds is 4. The molecule has 0 aromatic carbocycles. The monoisotopic (exact) mass is 341 g/mol. The normalized spacial score (nSPS) is 10.5. The minimum atomic E-state index is -0.377. The molecule has 3 aromatic heterocycles. The number of hydrogen-bond donors (Lipinski definition) is 3. The second-order valence-electron chi connectivity index (χ2n) is 4.93. The van der Waals surface area contributed by atoms with Crippen LogP contribution in [0.2, 0.25) is 0 Å². The van der Waals surface area contributed by atoms with Crippen molar-refractivity contribution in [2.45, 2.75) is 6.92 Å². The lowest BCUT2D eigenvalue weighted by Crippen LogP contribution is -2.28. The molecule has 0 unspecified atom stereocenters. The average molecular weight is 341 g/mol. The van der Waals surface area contributed by atoms with Gasteiger partial charge < -0.3 is 11.1 Å². The maximum absolute atomic E-state index is 11.6. The first-order valence-corrected chi connectivity index (χ1v) is 7.65. The SMILES string of the molecule is CCNC(=O)Nc1nc2cc(-c3cccnc3)cc(C(N)=S)n2n1. The Morgan fingerprint density at radius 2 is 2.21 bits per heavy atom. The Hall–Kier alpha value is -3.07. The number of carbonyl (C=O) groups is 1. The molecule has 0 spiro atoms. The van der Waals surface area contributed by atoms with Gasteiger partial charge in [0.1, 0.15) is 10.7 Å². The largest absolute Gasteiger partial charge is 0.388 e. The van der Waals surface area contributed by atoms with E-state index in [1.165, 1.54) is 4.52 Å². The van der Waals surface area contributed by atoms with Gasteiger partial charge in [0, 0.05) is 24.5 Å². The average Bonchev–Trinajstić information content (AvgIpc) is 2.96. The van der Waals surface area contributed by atoms with E-state index in [0.29, 0.717) is 17.9 Å². The van der Waals surface area contributed by atoms with E-state index < -0.39 is 0 Å². The zero-order chi connectivity index (χ0) is 17.1. The van der Waals surface area contributed by atoms with E-state index in [9.17, 15) is 4.79 Å². The maximum Gasteiger partial charge on any atom is 0.321 e. The number of amides is 2. The van der Waals surface area contributed by atoms with Gasteiger partial charge in [-0.1, -0.05) is 18.3 Å². The lowest BCUT2D eigenvalue weighted by molar-refractivity contribution is 0.252. The van der Waals surface area contributed by atoms with Gasteiger partial charge in [-0.25, -0.2) is 9.31 Å². The van der Waals surface area contributed by atoms with E-state index in [0.717, 1.165) is 11.1 Å². The van der Waals surface area contributed by atoms with Crippen LogP contribution in [0.1, 0.15) is 12.6 Å². The maximum atomic E-state index is 11.6. The lowest BCUT2D eigenvalue weighted by Gasteiger charge is -2.06. The van der Waals surface area contributed by atoms with Gasteiger partial charge in [-0.3, -0.25) is 10.3 Å². The quantitative estimate of drug-likeness (QED) is 0.621. The third-order valence-electron chi connectivity index (χ3n) is 3.25. The van der Waals surface area contributed by atoms with Crippen molar-refractivity contribution in [3.63, 3.8) is 0 Å². The predicted octanol–water partition coefficient (Wildman–Crippen LogP) is 1.57. The van der Waals surface area contributed by atoms with Crippen LogP contribution in [0.15, 0.2) is 36.7 Å². The van der Waals surface area contributed by atoms with Crippen molar-refractivity contribution in [2.75, 3.05) is 11.9 Å². The van der Waals surface area contributed by atoms with Crippen LogP contribution < -0.4 is 16.4 Å². The van der Waals surface area contributed by atoms with Gasteiger partial charge in [-0.2, -0.15) is 4.98 Å². The van der Waals surface area contributed by atoms with Crippen LogP contribution in [-0.2, 0) is 0 Å². The van der Waals surface area contributed by atoms with E-state index in [4.69, 9.17) is 18.0 Å². The Balaban J connectivity index is 2.08. The number of nitrogens with two attached hydrogens (primary N) is 1. The first-order valence-electron chi connectivity index (χ1n) is 7.24. The molecule has 0 atom stereocenters. The van der Waals surface area contributed by atoms with Crippen LogP contribution in [0.3, 0.4) is 0 Å². The number of pyridine rings is 2. The van der Waals surface area contributed by atoms with Gasteiger partial charge in [0.05, 0.1) is 0 Å². The van der Waals surface area contributed by atoms with E-state index in [1.54, 1.807) is 12.4 Å². The molecule has 4 N–H and O–H groups in total. The standard InChI is InChI=1S/C15H15N7OS/c1-2-18-15(23)20-14-19-12-7-10(9-4-3-5-17-8-9)6-11(13(16)24)22(12)21-14/h3-8H,2H2,1H3,(H2,16,24)(H2,18,20,21,23). The minimum absolute atomic E-state index is 0.168. The van der Waals surface area contributed by atoms with Crippen molar-refractivity contribution >= 4 is 34.8 Å². The third-order valence-corrected chi connectivity index (χ3v) is 3.46. The number of thiocarbonyl (C=S) groups is 1. The first kappa shape index (κ1) is 15.8. The number of nitrogens with zero attached hydrogens (tertiary/aromatic N) is 4. The Bertz CT molecular complexity index is 907. The highest BCUT2D eigenvalue weighted by Gasteiger charge is 2.13. The van der Waals surface area contributed by atoms with Gasteiger partial charge in [0.25, 0.3) is 5.95 Å². The molecule has 0 radical (unpaired) electrons. The molecule has 8 nitrogen and oxygen atoms in total. The topological polar surface area (TPSA) is 110 Å². The molecule has 3 heterocycles. The highest BCUT2D eigenvalue weighted by atomic mass is 32.1. The van der Waals surface area contributed by atoms with Crippen molar-refractivity contribution in [3.8, 4) is 11.1 Å². The van der Waals surface area contributed by atoms with E-state index in [2.05, 4.69) is 25.7 Å². The Labute approximate surface area is 143 Å². The summed E-state index contributed by atoms with van der Waals surface area (Å²) in [7, 11) is 0. The van der Waals surface area contributed by atoms with Gasteiger partial charge in [-0.15, -0.1) is 5.10 Å². The molecule has 3 rings (SSSR count). The Morgan fingerprint density at radius 3 is 2.88 bits per heavy atom. The summed E-state index contributed by atoms with van der Waals surface area (Å²) in [6.45, 7) is 2.32. The Kier molecular flexibility index (Phi) is 4.34. The molecule has 122 valence electrons. The Morgan fingerprint density at radius 1 is 1.38 bits per heavy atom. The van der Waals surface area contributed by atoms with Gasteiger partial charge in [0.15, 0.2) is 5.65 Å². The number of urea groups is 1. The predicted molar refractivity (Wildman–Crippen MR) is 94.8 cm³/mol. The minimum Gasteiger partial charge on any atom is -0.388 e. The number of hydrogen-bond acceptors (Lipinski definition) is 5. The smallest absolute Gasteiger partial charge is 0.321 e. The van der Waals surface area contributed by atoms with Crippen molar-refractivity contribution in [1.82, 2.24) is 24.9 Å². The number of nitrogens with one attached hydrogen (secondary N) is 2. The molecule has 0 saturated heterocycles. The fraction of sp³-hybridized carbons (Fsp3) is 0.133. The molecule has 2 amide bonds. The summed E-state index contributed by atoms with van der Waals surface area (Å²) >= 11 is 5.11. The van der Waals surface area contributed by atoms with Gasteiger partial charge >= 0.3 is 6.03 Å². The summed E-state index contributed by atoms with van der Waals surface area (Å²) in [5.41, 5.74) is 8.62. The zero-order valence-corrected chi connectivity index (χ0v) is 13.7. The molecule has 0 saturated carbocycles. The molecule has 0 fully saturated rings. The highest BCUT2D eigenvalue weighted by molar-refractivity contribution is 7.80. The van der Waals surface area contributed by atoms with Gasteiger partial charge in [-0.05, 0) is 30.7 Å².